The molecule has 0 spiro atoms. The van der Waals surface area contributed by atoms with Crippen LogP contribution in [0.4, 0.5) is 0 Å². The van der Waals surface area contributed by atoms with Gasteiger partial charge in [0.2, 0.25) is 5.91 Å². The lowest BCUT2D eigenvalue weighted by Crippen LogP contribution is -2.49. The number of ether oxygens (including phenoxy) is 1. The normalized spacial score (nSPS) is 30.6. The van der Waals surface area contributed by atoms with Crippen LogP contribution in [0.15, 0.2) is 22.8 Å². The monoisotopic (exact) mass is 422 g/mol. The van der Waals surface area contributed by atoms with Gasteiger partial charge < -0.3 is 19.4 Å². The maximum absolute atomic E-state index is 12.8. The van der Waals surface area contributed by atoms with Crippen molar-refractivity contribution in [1.82, 2.24) is 10.2 Å². The van der Waals surface area contributed by atoms with Crippen molar-refractivity contribution in [3.63, 3.8) is 0 Å². The van der Waals surface area contributed by atoms with Crippen LogP contribution in [-0.2, 0) is 19.1 Å². The Morgan fingerprint density at radius 1 is 1.31 bits per heavy atom. The van der Waals surface area contributed by atoms with Crippen LogP contribution in [0.5, 0.6) is 0 Å². The van der Waals surface area contributed by atoms with E-state index < -0.39 is 18.1 Å². The minimum Gasteiger partial charge on any atom is -0.466 e. The van der Waals surface area contributed by atoms with E-state index in [1.54, 1.807) is 25.3 Å². The van der Waals surface area contributed by atoms with Gasteiger partial charge >= 0.3 is 5.97 Å². The molecule has 7 nitrogen and oxygen atoms in total. The lowest BCUT2D eigenvalue weighted by Gasteiger charge is -2.35. The molecule has 1 saturated carbocycles. The van der Waals surface area contributed by atoms with Crippen molar-refractivity contribution in [3.8, 4) is 0 Å². The van der Waals surface area contributed by atoms with Crippen molar-refractivity contribution in [2.45, 2.75) is 70.5 Å². The van der Waals surface area contributed by atoms with Gasteiger partial charge in [0.05, 0.1) is 6.26 Å². The lowest BCUT2D eigenvalue weighted by molar-refractivity contribution is -0.161. The zero-order valence-corrected chi connectivity index (χ0v) is 18.2. The van der Waals surface area contributed by atoms with Crippen LogP contribution in [-0.4, -0.2) is 46.6 Å². The Morgan fingerprint density at radius 2 is 2.07 bits per heavy atom. The number of carbonyl (C=O) groups is 3. The summed E-state index contributed by atoms with van der Waals surface area (Å²) in [6.07, 6.45) is 3.84. The molecule has 2 amide bonds. The first kappa shape index (κ1) is 21.7. The molecule has 2 aliphatic rings. The number of carbonyl (C=O) groups excluding carboxylic acids is 3. The molecular weight excluding hydrogens is 392 g/mol. The van der Waals surface area contributed by atoms with Crippen LogP contribution < -0.4 is 5.32 Å². The van der Waals surface area contributed by atoms with E-state index >= 15 is 0 Å². The number of nitrogens with zero attached hydrogens (tertiary/aromatic N) is 1. The summed E-state index contributed by atoms with van der Waals surface area (Å²) >= 11 is 1.45. The van der Waals surface area contributed by atoms with Gasteiger partial charge in [-0.15, -0.1) is 11.8 Å². The molecule has 2 heterocycles. The molecule has 1 N–H and O–H groups in total. The summed E-state index contributed by atoms with van der Waals surface area (Å²) in [6, 6.07) is 2.89. The fourth-order valence-electron chi connectivity index (χ4n) is 4.12. The summed E-state index contributed by atoms with van der Waals surface area (Å²) in [5, 5.41) is 2.68. The number of rotatable bonds is 5. The molecule has 3 rings (SSSR count). The van der Waals surface area contributed by atoms with Crippen LogP contribution in [0.25, 0.3) is 0 Å². The lowest BCUT2D eigenvalue weighted by atomic mass is 9.78. The Hall–Kier alpha value is -1.96. The number of hydrogen-bond acceptors (Lipinski definition) is 6. The minimum absolute atomic E-state index is 0.103. The van der Waals surface area contributed by atoms with Gasteiger partial charge in [0.15, 0.2) is 6.10 Å². The Labute approximate surface area is 175 Å². The Morgan fingerprint density at radius 3 is 2.72 bits per heavy atom. The second kappa shape index (κ2) is 9.24. The first-order chi connectivity index (χ1) is 13.8. The number of esters is 1. The quantitative estimate of drug-likeness (QED) is 0.734. The maximum atomic E-state index is 12.8. The molecule has 1 aliphatic heterocycles. The molecule has 8 heteroatoms. The van der Waals surface area contributed by atoms with E-state index in [0.717, 1.165) is 12.8 Å². The summed E-state index contributed by atoms with van der Waals surface area (Å²) in [5.74, 6) is 0.887. The second-order valence-corrected chi connectivity index (χ2v) is 9.22. The summed E-state index contributed by atoms with van der Waals surface area (Å²) in [6.45, 7) is 7.36. The molecule has 0 unspecified atom stereocenters. The number of nitrogens with one attached hydrogen (secondary N) is 1. The highest BCUT2D eigenvalue weighted by atomic mass is 32.2. The van der Waals surface area contributed by atoms with Gasteiger partial charge in [-0.3, -0.25) is 9.59 Å². The molecule has 0 bridgehead atoms. The van der Waals surface area contributed by atoms with E-state index in [2.05, 4.69) is 19.2 Å². The van der Waals surface area contributed by atoms with Crippen LogP contribution >= 0.6 is 11.8 Å². The largest absolute Gasteiger partial charge is 0.466 e. The number of thioether (sulfide) groups is 1. The summed E-state index contributed by atoms with van der Waals surface area (Å²) < 4.78 is 10.9. The van der Waals surface area contributed by atoms with Crippen molar-refractivity contribution in [2.24, 2.45) is 11.8 Å². The highest BCUT2D eigenvalue weighted by Gasteiger charge is 2.44. The van der Waals surface area contributed by atoms with Gasteiger partial charge in [0, 0.05) is 18.7 Å². The number of furan rings is 1. The summed E-state index contributed by atoms with van der Waals surface area (Å²) in [7, 11) is 0. The molecule has 160 valence electrons. The third kappa shape index (κ3) is 4.79. The fourth-order valence-corrected chi connectivity index (χ4v) is 5.53. The standard InChI is InChI=1S/C21H30N2O5S/c1-12-7-5-8-16(13(12)2)22-19(25)14(3)28-21(26)17-11-29-20(23(17)15(4)24)18-9-6-10-27-18/h6,9-10,12-14,16-17,20H,5,7-8,11H2,1-4H3,(H,22,25)/t12-,13+,14+,16-,17-,20+/m0/s1. The topological polar surface area (TPSA) is 88.8 Å². The SMILES string of the molecule is CC(=O)N1[C@@H](c2ccco2)SC[C@H]1C(=O)O[C@H](C)C(=O)N[C@H]1CCC[C@H](C)[C@H]1C. The summed E-state index contributed by atoms with van der Waals surface area (Å²) in [4.78, 5) is 39.0. The van der Waals surface area contributed by atoms with E-state index in [1.165, 1.54) is 30.0 Å². The molecule has 2 fully saturated rings. The third-order valence-electron chi connectivity index (χ3n) is 6.12. The van der Waals surface area contributed by atoms with Gasteiger partial charge in [0.1, 0.15) is 17.2 Å². The zero-order chi connectivity index (χ0) is 21.1. The Balaban J connectivity index is 1.60. The number of amides is 2. The number of hydrogen-bond donors (Lipinski definition) is 1. The van der Waals surface area contributed by atoms with Crippen LogP contribution in [0.1, 0.15) is 58.1 Å². The van der Waals surface area contributed by atoms with Crippen molar-refractivity contribution in [2.75, 3.05) is 5.75 Å². The van der Waals surface area contributed by atoms with Crippen molar-refractivity contribution in [1.29, 1.82) is 0 Å². The van der Waals surface area contributed by atoms with Crippen molar-refractivity contribution in [3.05, 3.63) is 24.2 Å². The molecule has 0 aromatic carbocycles. The zero-order valence-electron chi connectivity index (χ0n) is 17.4. The maximum Gasteiger partial charge on any atom is 0.330 e. The van der Waals surface area contributed by atoms with E-state index in [9.17, 15) is 14.4 Å². The van der Waals surface area contributed by atoms with Gasteiger partial charge in [-0.2, -0.15) is 0 Å². The van der Waals surface area contributed by atoms with Gasteiger partial charge in [-0.1, -0.05) is 26.7 Å². The highest BCUT2D eigenvalue weighted by Crippen LogP contribution is 2.42. The average Bonchev–Trinajstić information content (AvgIpc) is 3.34. The Bertz CT molecular complexity index is 737. The molecule has 1 aromatic rings. The van der Waals surface area contributed by atoms with E-state index in [1.807, 2.05) is 0 Å². The minimum atomic E-state index is -0.909. The second-order valence-electron chi connectivity index (χ2n) is 8.10. The van der Waals surface area contributed by atoms with Crippen LogP contribution in [0, 0.1) is 11.8 Å². The van der Waals surface area contributed by atoms with Crippen molar-refractivity contribution >= 4 is 29.5 Å². The highest BCUT2D eigenvalue weighted by molar-refractivity contribution is 7.99. The first-order valence-electron chi connectivity index (χ1n) is 10.2. The predicted molar refractivity (Wildman–Crippen MR) is 110 cm³/mol. The molecule has 0 radical (unpaired) electrons. The van der Waals surface area contributed by atoms with Gasteiger partial charge in [0.25, 0.3) is 5.91 Å². The Kier molecular flexibility index (Phi) is 6.93. The first-order valence-corrected chi connectivity index (χ1v) is 11.3. The predicted octanol–water partition coefficient (Wildman–Crippen LogP) is 3.11. The van der Waals surface area contributed by atoms with E-state index in [4.69, 9.17) is 9.15 Å². The van der Waals surface area contributed by atoms with Crippen LogP contribution in [0.3, 0.4) is 0 Å². The van der Waals surface area contributed by atoms with E-state index in [-0.39, 0.29) is 23.2 Å². The fraction of sp³-hybridized carbons (Fsp3) is 0.667. The van der Waals surface area contributed by atoms with E-state index in [0.29, 0.717) is 23.3 Å². The van der Waals surface area contributed by atoms with Crippen LogP contribution in [0.2, 0.25) is 0 Å². The molecule has 29 heavy (non-hydrogen) atoms. The smallest absolute Gasteiger partial charge is 0.330 e. The summed E-state index contributed by atoms with van der Waals surface area (Å²) in [5.41, 5.74) is 0. The third-order valence-corrected chi connectivity index (χ3v) is 7.40. The van der Waals surface area contributed by atoms with Crippen molar-refractivity contribution < 1.29 is 23.5 Å². The molecule has 6 atom stereocenters. The van der Waals surface area contributed by atoms with Gasteiger partial charge in [-0.05, 0) is 37.3 Å². The molecular formula is C21H30N2O5S. The molecule has 1 saturated heterocycles. The molecule has 1 aliphatic carbocycles. The average molecular weight is 423 g/mol. The van der Waals surface area contributed by atoms with Gasteiger partial charge in [-0.25, -0.2) is 4.79 Å². The molecule has 1 aromatic heterocycles.